The van der Waals surface area contributed by atoms with Gasteiger partial charge in [0.25, 0.3) is 0 Å². The van der Waals surface area contributed by atoms with Gasteiger partial charge in [0, 0.05) is 6.20 Å². The maximum Gasteiger partial charge on any atom is 0.146 e. The van der Waals surface area contributed by atoms with E-state index in [1.54, 1.807) is 24.4 Å². The van der Waals surface area contributed by atoms with Crippen molar-refractivity contribution in [3.05, 3.63) is 63.6 Å². The van der Waals surface area contributed by atoms with Crippen LogP contribution in [-0.4, -0.2) is 11.5 Å². The standard InChI is InChI=1S/C14H13Cl2FN2/c1-2-18-13(14-12(17)4-3-7-19-14)9-5-6-10(15)11(16)8-9/h3-8,13,18H,2H2,1H3. The number of halogens is 3. The van der Waals surface area contributed by atoms with Gasteiger partial charge in [-0.05, 0) is 36.4 Å². The van der Waals surface area contributed by atoms with Gasteiger partial charge in [-0.1, -0.05) is 36.2 Å². The Morgan fingerprint density at radius 2 is 2.05 bits per heavy atom. The first-order valence-electron chi connectivity index (χ1n) is 5.92. The number of nitrogens with one attached hydrogen (secondary N) is 1. The van der Waals surface area contributed by atoms with Crippen LogP contribution in [0.15, 0.2) is 36.5 Å². The second kappa shape index (κ2) is 6.33. The van der Waals surface area contributed by atoms with Gasteiger partial charge >= 0.3 is 0 Å². The predicted octanol–water partition coefficient (Wildman–Crippen LogP) is 4.23. The van der Waals surface area contributed by atoms with Crippen LogP contribution in [0.5, 0.6) is 0 Å². The molecule has 19 heavy (non-hydrogen) atoms. The molecule has 0 amide bonds. The molecule has 0 saturated carbocycles. The van der Waals surface area contributed by atoms with Crippen LogP contribution in [0.3, 0.4) is 0 Å². The Kier molecular flexibility index (Phi) is 4.75. The fourth-order valence-corrected chi connectivity index (χ4v) is 2.19. The molecule has 2 nitrogen and oxygen atoms in total. The van der Waals surface area contributed by atoms with Gasteiger partial charge in [-0.3, -0.25) is 4.98 Å². The summed E-state index contributed by atoms with van der Waals surface area (Å²) >= 11 is 11.9. The van der Waals surface area contributed by atoms with Crippen molar-refractivity contribution in [1.82, 2.24) is 10.3 Å². The van der Waals surface area contributed by atoms with Gasteiger partial charge in [0.1, 0.15) is 5.82 Å². The van der Waals surface area contributed by atoms with Crippen LogP contribution >= 0.6 is 23.2 Å². The minimum absolute atomic E-state index is 0.346. The fourth-order valence-electron chi connectivity index (χ4n) is 1.88. The van der Waals surface area contributed by atoms with Crippen LogP contribution < -0.4 is 5.32 Å². The van der Waals surface area contributed by atoms with E-state index in [1.165, 1.54) is 6.07 Å². The highest BCUT2D eigenvalue weighted by Crippen LogP contribution is 2.29. The third kappa shape index (κ3) is 3.24. The summed E-state index contributed by atoms with van der Waals surface area (Å²) in [4.78, 5) is 4.11. The van der Waals surface area contributed by atoms with Gasteiger partial charge in [-0.2, -0.15) is 0 Å². The van der Waals surface area contributed by atoms with E-state index >= 15 is 0 Å². The summed E-state index contributed by atoms with van der Waals surface area (Å²) in [6.45, 7) is 2.63. The summed E-state index contributed by atoms with van der Waals surface area (Å²) < 4.78 is 13.9. The van der Waals surface area contributed by atoms with Crippen molar-refractivity contribution in [2.24, 2.45) is 0 Å². The van der Waals surface area contributed by atoms with Crippen molar-refractivity contribution in [3.8, 4) is 0 Å². The molecule has 2 aromatic rings. The second-order valence-corrected chi connectivity index (χ2v) is 4.85. The monoisotopic (exact) mass is 298 g/mol. The van der Waals surface area contributed by atoms with Crippen LogP contribution in [0, 0.1) is 5.82 Å². The second-order valence-electron chi connectivity index (χ2n) is 4.03. The van der Waals surface area contributed by atoms with Gasteiger partial charge in [-0.15, -0.1) is 0 Å². The topological polar surface area (TPSA) is 24.9 Å². The molecule has 2 rings (SSSR count). The largest absolute Gasteiger partial charge is 0.305 e. The van der Waals surface area contributed by atoms with Crippen molar-refractivity contribution < 1.29 is 4.39 Å². The molecule has 0 saturated heterocycles. The minimum Gasteiger partial charge on any atom is -0.305 e. The number of hydrogen-bond acceptors (Lipinski definition) is 2. The summed E-state index contributed by atoms with van der Waals surface area (Å²) in [6.07, 6.45) is 1.57. The van der Waals surface area contributed by atoms with E-state index in [0.717, 1.165) is 5.56 Å². The Morgan fingerprint density at radius 3 is 2.68 bits per heavy atom. The average Bonchev–Trinajstić information content (AvgIpc) is 2.40. The third-order valence-electron chi connectivity index (χ3n) is 2.75. The van der Waals surface area contributed by atoms with Crippen LogP contribution in [0.25, 0.3) is 0 Å². The van der Waals surface area contributed by atoms with Gasteiger partial charge in [0.05, 0.1) is 21.8 Å². The first-order valence-corrected chi connectivity index (χ1v) is 6.67. The highest BCUT2D eigenvalue weighted by atomic mass is 35.5. The highest BCUT2D eigenvalue weighted by molar-refractivity contribution is 6.42. The zero-order chi connectivity index (χ0) is 13.8. The molecule has 0 aliphatic carbocycles. The van der Waals surface area contributed by atoms with E-state index in [1.807, 2.05) is 13.0 Å². The molecule has 0 spiro atoms. The molecule has 1 aromatic carbocycles. The maximum absolute atomic E-state index is 13.9. The van der Waals surface area contributed by atoms with E-state index in [-0.39, 0.29) is 11.9 Å². The minimum atomic E-state index is -0.348. The highest BCUT2D eigenvalue weighted by Gasteiger charge is 2.18. The smallest absolute Gasteiger partial charge is 0.146 e. The Bertz CT molecular complexity index is 575. The van der Waals surface area contributed by atoms with Gasteiger partial charge < -0.3 is 5.32 Å². The van der Waals surface area contributed by atoms with E-state index in [2.05, 4.69) is 10.3 Å². The first kappa shape index (κ1) is 14.3. The first-order chi connectivity index (χ1) is 9.13. The van der Waals surface area contributed by atoms with Gasteiger partial charge in [-0.25, -0.2) is 4.39 Å². The number of nitrogens with zero attached hydrogens (tertiary/aromatic N) is 1. The molecule has 1 heterocycles. The lowest BCUT2D eigenvalue weighted by atomic mass is 10.0. The van der Waals surface area contributed by atoms with Crippen molar-refractivity contribution in [3.63, 3.8) is 0 Å². The van der Waals surface area contributed by atoms with Crippen molar-refractivity contribution >= 4 is 23.2 Å². The molecule has 1 aromatic heterocycles. The molecule has 1 N–H and O–H groups in total. The zero-order valence-corrected chi connectivity index (χ0v) is 11.8. The Hall–Kier alpha value is -1.16. The van der Waals surface area contributed by atoms with E-state index in [0.29, 0.717) is 22.3 Å². The van der Waals surface area contributed by atoms with Gasteiger partial charge in [0.2, 0.25) is 0 Å². The molecule has 1 atom stereocenters. The molecular weight excluding hydrogens is 286 g/mol. The summed E-state index contributed by atoms with van der Waals surface area (Å²) in [5.74, 6) is -0.348. The lowest BCUT2D eigenvalue weighted by Gasteiger charge is -2.18. The molecule has 0 bridgehead atoms. The Balaban J connectivity index is 2.45. The summed E-state index contributed by atoms with van der Waals surface area (Å²) in [5, 5.41) is 4.12. The van der Waals surface area contributed by atoms with Crippen molar-refractivity contribution in [1.29, 1.82) is 0 Å². The number of pyridine rings is 1. The molecule has 5 heteroatoms. The molecule has 0 radical (unpaired) electrons. The quantitative estimate of drug-likeness (QED) is 0.914. The van der Waals surface area contributed by atoms with Crippen molar-refractivity contribution in [2.75, 3.05) is 6.54 Å². The molecule has 0 fully saturated rings. The molecule has 0 aliphatic heterocycles. The van der Waals surface area contributed by atoms with Crippen molar-refractivity contribution in [2.45, 2.75) is 13.0 Å². The SMILES string of the molecule is CCNC(c1ccc(Cl)c(Cl)c1)c1ncccc1F. The Morgan fingerprint density at radius 1 is 1.26 bits per heavy atom. The van der Waals surface area contributed by atoms with Crippen LogP contribution in [0.1, 0.15) is 24.2 Å². The normalized spacial score (nSPS) is 12.4. The average molecular weight is 299 g/mol. The number of benzene rings is 1. The summed E-state index contributed by atoms with van der Waals surface area (Å²) in [6, 6.07) is 7.85. The summed E-state index contributed by atoms with van der Waals surface area (Å²) in [5.41, 5.74) is 1.18. The van der Waals surface area contributed by atoms with E-state index in [9.17, 15) is 4.39 Å². The molecule has 100 valence electrons. The predicted molar refractivity (Wildman–Crippen MR) is 76.2 cm³/mol. The van der Waals surface area contributed by atoms with Crippen LogP contribution in [0.2, 0.25) is 10.0 Å². The summed E-state index contributed by atoms with van der Waals surface area (Å²) in [7, 11) is 0. The zero-order valence-electron chi connectivity index (χ0n) is 10.3. The third-order valence-corrected chi connectivity index (χ3v) is 3.48. The molecule has 0 aliphatic rings. The lowest BCUT2D eigenvalue weighted by Crippen LogP contribution is -2.24. The molecular formula is C14H13Cl2FN2. The van der Waals surface area contributed by atoms with Crippen LogP contribution in [0.4, 0.5) is 4.39 Å². The number of rotatable bonds is 4. The van der Waals surface area contributed by atoms with Crippen LogP contribution in [-0.2, 0) is 0 Å². The Labute approximate surface area is 121 Å². The lowest BCUT2D eigenvalue weighted by molar-refractivity contribution is 0.543. The number of hydrogen-bond donors (Lipinski definition) is 1. The van der Waals surface area contributed by atoms with E-state index < -0.39 is 0 Å². The van der Waals surface area contributed by atoms with Gasteiger partial charge in [0.15, 0.2) is 0 Å². The maximum atomic E-state index is 13.9. The number of aromatic nitrogens is 1. The fraction of sp³-hybridized carbons (Fsp3) is 0.214. The van der Waals surface area contributed by atoms with E-state index in [4.69, 9.17) is 23.2 Å². The molecule has 1 unspecified atom stereocenters.